The molecule has 0 radical (unpaired) electrons. The molecule has 1 aliphatic heterocycles. The molecule has 0 fully saturated rings. The molecule has 0 amide bonds. The van der Waals surface area contributed by atoms with Crippen LogP contribution in [0.25, 0.3) is 16.7 Å². The molecule has 0 saturated heterocycles. The smallest absolute Gasteiger partial charge is 0.123 e. The van der Waals surface area contributed by atoms with Crippen LogP contribution in [0, 0.1) is 5.82 Å². The standard InChI is InChI=1S/C23H21FN2/c24-22-8-6-19(7-9-22)20-11-14-26(15-12-20)17-23-16-21(10-13-25-23)18-4-2-1-3-5-18/h1-11,13,16H,12,14-15,17H2. The third-order valence-electron chi connectivity index (χ3n) is 4.82. The first-order valence-electron chi connectivity index (χ1n) is 8.95. The number of aromatic nitrogens is 1. The molecule has 3 heteroatoms. The van der Waals surface area contributed by atoms with Crippen molar-refractivity contribution in [1.29, 1.82) is 0 Å². The Bertz CT molecular complexity index is 901. The molecule has 26 heavy (non-hydrogen) atoms. The fourth-order valence-electron chi connectivity index (χ4n) is 3.38. The van der Waals surface area contributed by atoms with Crippen LogP contribution in [0.5, 0.6) is 0 Å². The summed E-state index contributed by atoms with van der Waals surface area (Å²) < 4.78 is 13.1. The molecule has 2 nitrogen and oxygen atoms in total. The minimum absolute atomic E-state index is 0.184. The van der Waals surface area contributed by atoms with Crippen molar-refractivity contribution in [2.45, 2.75) is 13.0 Å². The van der Waals surface area contributed by atoms with E-state index in [0.29, 0.717) is 0 Å². The van der Waals surface area contributed by atoms with Crippen LogP contribution in [0.15, 0.2) is 79.0 Å². The molecule has 0 N–H and O–H groups in total. The highest BCUT2D eigenvalue weighted by Crippen LogP contribution is 2.24. The Kier molecular flexibility index (Phi) is 4.89. The summed E-state index contributed by atoms with van der Waals surface area (Å²) in [4.78, 5) is 6.93. The van der Waals surface area contributed by atoms with E-state index in [1.54, 1.807) is 0 Å². The lowest BCUT2D eigenvalue weighted by molar-refractivity contribution is 0.290. The first kappa shape index (κ1) is 16.7. The van der Waals surface area contributed by atoms with Crippen LogP contribution in [-0.2, 0) is 6.54 Å². The van der Waals surface area contributed by atoms with Crippen LogP contribution in [-0.4, -0.2) is 23.0 Å². The molecule has 3 aromatic rings. The predicted octanol–water partition coefficient (Wildman–Crippen LogP) is 5.18. The van der Waals surface area contributed by atoms with E-state index in [4.69, 9.17) is 0 Å². The summed E-state index contributed by atoms with van der Waals surface area (Å²) >= 11 is 0. The van der Waals surface area contributed by atoms with Crippen LogP contribution in [0.4, 0.5) is 4.39 Å². The number of halogens is 1. The van der Waals surface area contributed by atoms with E-state index >= 15 is 0 Å². The molecule has 0 saturated carbocycles. The number of hydrogen-bond donors (Lipinski definition) is 0. The number of pyridine rings is 1. The van der Waals surface area contributed by atoms with Crippen molar-refractivity contribution in [1.82, 2.24) is 9.88 Å². The third kappa shape index (κ3) is 3.89. The lowest BCUT2D eigenvalue weighted by atomic mass is 9.99. The van der Waals surface area contributed by atoms with Gasteiger partial charge in [0.2, 0.25) is 0 Å². The lowest BCUT2D eigenvalue weighted by Crippen LogP contribution is -2.28. The van der Waals surface area contributed by atoms with Crippen molar-refractivity contribution in [2.75, 3.05) is 13.1 Å². The van der Waals surface area contributed by atoms with E-state index in [1.807, 2.05) is 24.4 Å². The van der Waals surface area contributed by atoms with Crippen LogP contribution in [0.1, 0.15) is 17.7 Å². The third-order valence-corrected chi connectivity index (χ3v) is 4.82. The zero-order valence-electron chi connectivity index (χ0n) is 14.6. The molecule has 0 spiro atoms. The second-order valence-corrected chi connectivity index (χ2v) is 6.62. The van der Waals surface area contributed by atoms with E-state index < -0.39 is 0 Å². The minimum Gasteiger partial charge on any atom is -0.294 e. The van der Waals surface area contributed by atoms with Gasteiger partial charge in [0.15, 0.2) is 0 Å². The van der Waals surface area contributed by atoms with Crippen molar-refractivity contribution in [3.63, 3.8) is 0 Å². The van der Waals surface area contributed by atoms with Gasteiger partial charge in [-0.05, 0) is 52.9 Å². The second kappa shape index (κ2) is 7.63. The molecule has 0 unspecified atom stereocenters. The van der Waals surface area contributed by atoms with Crippen molar-refractivity contribution in [3.05, 3.63) is 96.1 Å². The quantitative estimate of drug-likeness (QED) is 0.648. The van der Waals surface area contributed by atoms with Gasteiger partial charge >= 0.3 is 0 Å². The van der Waals surface area contributed by atoms with Gasteiger partial charge in [0.1, 0.15) is 5.82 Å². The van der Waals surface area contributed by atoms with E-state index in [2.05, 4.69) is 52.4 Å². The fourth-order valence-corrected chi connectivity index (χ4v) is 3.38. The average Bonchev–Trinajstić information content (AvgIpc) is 2.70. The highest BCUT2D eigenvalue weighted by atomic mass is 19.1. The zero-order chi connectivity index (χ0) is 17.8. The molecule has 0 atom stereocenters. The molecular formula is C23H21FN2. The van der Waals surface area contributed by atoms with Crippen LogP contribution >= 0.6 is 0 Å². The molecule has 1 aromatic heterocycles. The van der Waals surface area contributed by atoms with E-state index in [1.165, 1.54) is 28.8 Å². The average molecular weight is 344 g/mol. The molecule has 1 aliphatic rings. The van der Waals surface area contributed by atoms with Gasteiger partial charge in [-0.25, -0.2) is 4.39 Å². The van der Waals surface area contributed by atoms with E-state index in [-0.39, 0.29) is 5.82 Å². The number of rotatable bonds is 4. The Hall–Kier alpha value is -2.78. The van der Waals surface area contributed by atoms with Gasteiger partial charge in [0, 0.05) is 25.8 Å². The first-order valence-corrected chi connectivity index (χ1v) is 8.95. The lowest BCUT2D eigenvalue weighted by Gasteiger charge is -2.26. The van der Waals surface area contributed by atoms with Crippen molar-refractivity contribution < 1.29 is 4.39 Å². The Balaban J connectivity index is 1.44. The molecule has 2 aromatic carbocycles. The van der Waals surface area contributed by atoms with Crippen molar-refractivity contribution in [3.8, 4) is 11.1 Å². The van der Waals surface area contributed by atoms with Gasteiger partial charge in [-0.3, -0.25) is 9.88 Å². The maximum atomic E-state index is 13.1. The SMILES string of the molecule is Fc1ccc(C2=CCN(Cc3cc(-c4ccccc4)ccn3)CC2)cc1. The summed E-state index contributed by atoms with van der Waals surface area (Å²) in [5, 5.41) is 0. The van der Waals surface area contributed by atoms with Crippen molar-refractivity contribution in [2.24, 2.45) is 0 Å². The Labute approximate surface area is 153 Å². The Morgan fingerprint density at radius 1 is 0.885 bits per heavy atom. The van der Waals surface area contributed by atoms with Crippen LogP contribution in [0.3, 0.4) is 0 Å². The summed E-state index contributed by atoms with van der Waals surface area (Å²) in [6.45, 7) is 2.72. The van der Waals surface area contributed by atoms with Gasteiger partial charge < -0.3 is 0 Å². The molecule has 4 rings (SSSR count). The maximum absolute atomic E-state index is 13.1. The highest BCUT2D eigenvalue weighted by molar-refractivity contribution is 5.66. The summed E-state index contributed by atoms with van der Waals surface area (Å²) in [7, 11) is 0. The zero-order valence-corrected chi connectivity index (χ0v) is 14.6. The topological polar surface area (TPSA) is 16.1 Å². The van der Waals surface area contributed by atoms with Gasteiger partial charge in [-0.2, -0.15) is 0 Å². The van der Waals surface area contributed by atoms with E-state index in [9.17, 15) is 4.39 Å². The number of benzene rings is 2. The van der Waals surface area contributed by atoms with Gasteiger partial charge in [0.25, 0.3) is 0 Å². The second-order valence-electron chi connectivity index (χ2n) is 6.62. The Morgan fingerprint density at radius 2 is 1.69 bits per heavy atom. The maximum Gasteiger partial charge on any atom is 0.123 e. The van der Waals surface area contributed by atoms with Crippen LogP contribution < -0.4 is 0 Å². The summed E-state index contributed by atoms with van der Waals surface area (Å²) in [5.41, 5.74) is 5.93. The highest BCUT2D eigenvalue weighted by Gasteiger charge is 2.14. The largest absolute Gasteiger partial charge is 0.294 e. The number of hydrogen-bond acceptors (Lipinski definition) is 2. The summed E-state index contributed by atoms with van der Waals surface area (Å²) in [6.07, 6.45) is 5.11. The summed E-state index contributed by atoms with van der Waals surface area (Å²) in [5.74, 6) is -0.184. The molecule has 0 aliphatic carbocycles. The van der Waals surface area contributed by atoms with Crippen LogP contribution in [0.2, 0.25) is 0 Å². The Morgan fingerprint density at radius 3 is 2.42 bits per heavy atom. The van der Waals surface area contributed by atoms with Gasteiger partial charge in [-0.15, -0.1) is 0 Å². The molecule has 130 valence electrons. The monoisotopic (exact) mass is 344 g/mol. The predicted molar refractivity (Wildman–Crippen MR) is 104 cm³/mol. The van der Waals surface area contributed by atoms with Gasteiger partial charge in [0.05, 0.1) is 5.69 Å². The van der Waals surface area contributed by atoms with E-state index in [0.717, 1.165) is 37.3 Å². The minimum atomic E-state index is -0.184. The molecule has 0 bridgehead atoms. The summed E-state index contributed by atoms with van der Waals surface area (Å²) in [6, 6.07) is 21.4. The fraction of sp³-hybridized carbons (Fsp3) is 0.174. The molecular weight excluding hydrogens is 323 g/mol. The normalized spacial score (nSPS) is 14.9. The molecule has 2 heterocycles. The number of nitrogens with zero attached hydrogens (tertiary/aromatic N) is 2. The first-order chi connectivity index (χ1) is 12.8. The van der Waals surface area contributed by atoms with Crippen molar-refractivity contribution >= 4 is 5.57 Å². The van der Waals surface area contributed by atoms with Gasteiger partial charge in [-0.1, -0.05) is 48.5 Å².